The molecular formula is C17H19BrN2O5S. The summed E-state index contributed by atoms with van der Waals surface area (Å²) in [4.78, 5) is 12.2. The number of nitrogens with one attached hydrogen (secondary N) is 2. The lowest BCUT2D eigenvalue weighted by Crippen LogP contribution is -2.41. The third kappa shape index (κ3) is 4.96. The summed E-state index contributed by atoms with van der Waals surface area (Å²) < 4.78 is 38.5. The zero-order valence-corrected chi connectivity index (χ0v) is 16.8. The molecule has 2 rings (SSSR count). The number of amides is 1. The van der Waals surface area contributed by atoms with Crippen LogP contribution in [0, 0.1) is 0 Å². The van der Waals surface area contributed by atoms with Crippen molar-refractivity contribution < 1.29 is 22.7 Å². The fourth-order valence-electron chi connectivity index (χ4n) is 2.12. The molecule has 0 aliphatic rings. The SMILES string of the molecule is COc1ccc(S(=O)(=O)N[C@@H](C)C(=O)Nc2ccc(Br)cc2)cc1OC. The van der Waals surface area contributed by atoms with E-state index in [2.05, 4.69) is 26.0 Å². The molecule has 0 unspecified atom stereocenters. The van der Waals surface area contributed by atoms with Crippen LogP contribution in [0.15, 0.2) is 51.8 Å². The Bertz CT molecular complexity index is 885. The van der Waals surface area contributed by atoms with E-state index in [9.17, 15) is 13.2 Å². The molecule has 0 bridgehead atoms. The molecule has 7 nitrogen and oxygen atoms in total. The first kappa shape index (κ1) is 20.2. The first-order valence-corrected chi connectivity index (χ1v) is 9.85. The largest absolute Gasteiger partial charge is 0.493 e. The summed E-state index contributed by atoms with van der Waals surface area (Å²) in [6.07, 6.45) is 0. The van der Waals surface area contributed by atoms with Crippen LogP contribution in [0.25, 0.3) is 0 Å². The van der Waals surface area contributed by atoms with Crippen molar-refractivity contribution in [3.05, 3.63) is 46.9 Å². The zero-order chi connectivity index (χ0) is 19.3. The zero-order valence-electron chi connectivity index (χ0n) is 14.4. The standard InChI is InChI=1S/C17H19BrN2O5S/c1-11(17(21)19-13-6-4-12(18)5-7-13)20-26(22,23)14-8-9-15(24-2)16(10-14)25-3/h4-11,20H,1-3H3,(H,19,21)/t11-/m0/s1. The molecule has 2 aromatic rings. The van der Waals surface area contributed by atoms with Crippen LogP contribution in [-0.4, -0.2) is 34.6 Å². The molecule has 0 aliphatic heterocycles. The van der Waals surface area contributed by atoms with E-state index >= 15 is 0 Å². The Kier molecular flexibility index (Phi) is 6.63. The highest BCUT2D eigenvalue weighted by atomic mass is 79.9. The van der Waals surface area contributed by atoms with Gasteiger partial charge < -0.3 is 14.8 Å². The third-order valence-electron chi connectivity index (χ3n) is 3.50. The number of halogens is 1. The van der Waals surface area contributed by atoms with Crippen LogP contribution in [0.5, 0.6) is 11.5 Å². The normalized spacial score (nSPS) is 12.3. The van der Waals surface area contributed by atoms with E-state index in [0.29, 0.717) is 11.4 Å². The van der Waals surface area contributed by atoms with Gasteiger partial charge in [0, 0.05) is 16.2 Å². The van der Waals surface area contributed by atoms with E-state index in [1.807, 2.05) is 0 Å². The molecule has 0 saturated heterocycles. The summed E-state index contributed by atoms with van der Waals surface area (Å²) in [7, 11) is -1.05. The van der Waals surface area contributed by atoms with Gasteiger partial charge in [0.1, 0.15) is 0 Å². The monoisotopic (exact) mass is 442 g/mol. The van der Waals surface area contributed by atoms with Crippen LogP contribution in [0.1, 0.15) is 6.92 Å². The molecule has 0 saturated carbocycles. The Morgan fingerprint density at radius 1 is 1.04 bits per heavy atom. The molecule has 2 N–H and O–H groups in total. The highest BCUT2D eigenvalue weighted by Gasteiger charge is 2.23. The minimum atomic E-state index is -3.91. The molecule has 0 heterocycles. The molecule has 140 valence electrons. The van der Waals surface area contributed by atoms with Crippen molar-refractivity contribution >= 4 is 37.5 Å². The van der Waals surface area contributed by atoms with Gasteiger partial charge in [-0.1, -0.05) is 15.9 Å². The lowest BCUT2D eigenvalue weighted by Gasteiger charge is -2.15. The fraction of sp³-hybridized carbons (Fsp3) is 0.235. The summed E-state index contributed by atoms with van der Waals surface area (Å²) in [6.45, 7) is 1.46. The topological polar surface area (TPSA) is 93.7 Å². The van der Waals surface area contributed by atoms with Crippen LogP contribution in [-0.2, 0) is 14.8 Å². The third-order valence-corrected chi connectivity index (χ3v) is 5.57. The van der Waals surface area contributed by atoms with Gasteiger partial charge in [0.25, 0.3) is 0 Å². The minimum absolute atomic E-state index is 0.0292. The first-order valence-electron chi connectivity index (χ1n) is 7.57. The number of methoxy groups -OCH3 is 2. The number of ether oxygens (including phenoxy) is 2. The van der Waals surface area contributed by atoms with Crippen molar-refractivity contribution in [2.75, 3.05) is 19.5 Å². The Hall–Kier alpha value is -2.10. The second kappa shape index (κ2) is 8.52. The number of carbonyl (C=O) groups is 1. The second-order valence-electron chi connectivity index (χ2n) is 5.36. The van der Waals surface area contributed by atoms with Crippen molar-refractivity contribution in [1.82, 2.24) is 4.72 Å². The molecule has 9 heteroatoms. The van der Waals surface area contributed by atoms with E-state index in [-0.39, 0.29) is 10.6 Å². The maximum Gasteiger partial charge on any atom is 0.242 e. The van der Waals surface area contributed by atoms with Gasteiger partial charge in [-0.05, 0) is 43.3 Å². The van der Waals surface area contributed by atoms with E-state index in [1.165, 1.54) is 39.3 Å². The summed E-state index contributed by atoms with van der Waals surface area (Å²) in [5.74, 6) is 0.214. The van der Waals surface area contributed by atoms with Crippen LogP contribution in [0.2, 0.25) is 0 Å². The predicted octanol–water partition coefficient (Wildman–Crippen LogP) is 2.77. The van der Waals surface area contributed by atoms with Crippen LogP contribution in [0.3, 0.4) is 0 Å². The molecule has 0 spiro atoms. The van der Waals surface area contributed by atoms with E-state index in [0.717, 1.165) is 4.47 Å². The Labute approximate surface area is 160 Å². The lowest BCUT2D eigenvalue weighted by molar-refractivity contribution is -0.117. The van der Waals surface area contributed by atoms with Crippen molar-refractivity contribution in [2.45, 2.75) is 17.9 Å². The summed E-state index contributed by atoms with van der Waals surface area (Å²) in [6, 6.07) is 10.2. The molecule has 2 aromatic carbocycles. The van der Waals surface area contributed by atoms with Crippen molar-refractivity contribution in [3.63, 3.8) is 0 Å². The number of carbonyl (C=O) groups excluding carboxylic acids is 1. The van der Waals surface area contributed by atoms with Crippen LogP contribution in [0.4, 0.5) is 5.69 Å². The Morgan fingerprint density at radius 3 is 2.23 bits per heavy atom. The minimum Gasteiger partial charge on any atom is -0.493 e. The summed E-state index contributed by atoms with van der Waals surface area (Å²) >= 11 is 3.30. The van der Waals surface area contributed by atoms with E-state index in [4.69, 9.17) is 9.47 Å². The molecule has 0 radical (unpaired) electrons. The van der Waals surface area contributed by atoms with Crippen LogP contribution >= 0.6 is 15.9 Å². The number of benzene rings is 2. The smallest absolute Gasteiger partial charge is 0.242 e. The van der Waals surface area contributed by atoms with Gasteiger partial charge in [0.05, 0.1) is 25.2 Å². The van der Waals surface area contributed by atoms with Gasteiger partial charge in [-0.15, -0.1) is 0 Å². The number of hydrogen-bond acceptors (Lipinski definition) is 5. The Morgan fingerprint density at radius 2 is 1.65 bits per heavy atom. The van der Waals surface area contributed by atoms with Gasteiger partial charge in [-0.25, -0.2) is 8.42 Å². The summed E-state index contributed by atoms with van der Waals surface area (Å²) in [5, 5.41) is 2.65. The van der Waals surface area contributed by atoms with E-state index in [1.54, 1.807) is 24.3 Å². The quantitative estimate of drug-likeness (QED) is 0.687. The van der Waals surface area contributed by atoms with Crippen molar-refractivity contribution in [1.29, 1.82) is 0 Å². The summed E-state index contributed by atoms with van der Waals surface area (Å²) in [5.41, 5.74) is 0.565. The average molecular weight is 443 g/mol. The van der Waals surface area contributed by atoms with Gasteiger partial charge in [0.15, 0.2) is 11.5 Å². The highest BCUT2D eigenvalue weighted by Crippen LogP contribution is 2.29. The molecule has 0 aliphatic carbocycles. The Balaban J connectivity index is 2.12. The number of sulfonamides is 1. The number of hydrogen-bond donors (Lipinski definition) is 2. The maximum absolute atomic E-state index is 12.5. The molecule has 1 amide bonds. The lowest BCUT2D eigenvalue weighted by atomic mass is 10.3. The number of rotatable bonds is 7. The van der Waals surface area contributed by atoms with Gasteiger partial charge >= 0.3 is 0 Å². The fourth-order valence-corrected chi connectivity index (χ4v) is 3.60. The van der Waals surface area contributed by atoms with Crippen LogP contribution < -0.4 is 19.5 Å². The van der Waals surface area contributed by atoms with Crippen molar-refractivity contribution in [2.24, 2.45) is 0 Å². The second-order valence-corrected chi connectivity index (χ2v) is 7.99. The van der Waals surface area contributed by atoms with Gasteiger partial charge in [-0.3, -0.25) is 4.79 Å². The molecule has 0 fully saturated rings. The van der Waals surface area contributed by atoms with E-state index < -0.39 is 22.0 Å². The molecular weight excluding hydrogens is 424 g/mol. The number of anilines is 1. The first-order chi connectivity index (χ1) is 12.3. The maximum atomic E-state index is 12.5. The van der Waals surface area contributed by atoms with Crippen molar-refractivity contribution in [3.8, 4) is 11.5 Å². The molecule has 26 heavy (non-hydrogen) atoms. The molecule has 0 aromatic heterocycles. The molecule has 1 atom stereocenters. The average Bonchev–Trinajstić information content (AvgIpc) is 2.62. The predicted molar refractivity (Wildman–Crippen MR) is 102 cm³/mol. The highest BCUT2D eigenvalue weighted by molar-refractivity contribution is 9.10. The van der Waals surface area contributed by atoms with Gasteiger partial charge in [-0.2, -0.15) is 4.72 Å². The van der Waals surface area contributed by atoms with Gasteiger partial charge in [0.2, 0.25) is 15.9 Å².